The number of rotatable bonds is 2. The number of thioether (sulfide) groups is 1. The van der Waals surface area contributed by atoms with Gasteiger partial charge in [0.2, 0.25) is 0 Å². The maximum absolute atomic E-state index is 12.8. The summed E-state index contributed by atoms with van der Waals surface area (Å²) in [4.78, 5) is 1.17. The smallest absolute Gasteiger partial charge is 0.123 e. The Balaban J connectivity index is 3.12. The molecule has 0 aliphatic rings. The largest absolute Gasteiger partial charge is 0.207 e. The predicted octanol–water partition coefficient (Wildman–Crippen LogP) is 3.67. The van der Waals surface area contributed by atoms with Gasteiger partial charge in [-0.1, -0.05) is 13.8 Å². The van der Waals surface area contributed by atoms with Crippen molar-refractivity contribution in [3.05, 3.63) is 29.6 Å². The minimum atomic E-state index is -0.142. The van der Waals surface area contributed by atoms with Gasteiger partial charge in [-0.05, 0) is 35.9 Å². The number of halogens is 1. The van der Waals surface area contributed by atoms with Crippen LogP contribution in [0.2, 0.25) is 0 Å². The van der Waals surface area contributed by atoms with Gasteiger partial charge in [-0.3, -0.25) is 0 Å². The fourth-order valence-electron chi connectivity index (χ4n) is 1.16. The fourth-order valence-corrected chi connectivity index (χ4v) is 1.89. The number of benzene rings is 1. The van der Waals surface area contributed by atoms with E-state index in [1.165, 1.54) is 11.0 Å². The molecule has 66 valence electrons. The molecule has 0 fully saturated rings. The lowest BCUT2D eigenvalue weighted by Crippen LogP contribution is -1.91. The van der Waals surface area contributed by atoms with Gasteiger partial charge in [0.15, 0.2) is 0 Å². The van der Waals surface area contributed by atoms with E-state index in [2.05, 4.69) is 13.8 Å². The minimum absolute atomic E-state index is 0.142. The number of hydrogen-bond donors (Lipinski definition) is 0. The molecular weight excluding hydrogens is 171 g/mol. The van der Waals surface area contributed by atoms with E-state index >= 15 is 0 Å². The molecule has 12 heavy (non-hydrogen) atoms. The average molecular weight is 184 g/mol. The molecule has 0 radical (unpaired) electrons. The summed E-state index contributed by atoms with van der Waals surface area (Å²) in [5.41, 5.74) is 1.10. The molecule has 0 atom stereocenters. The van der Waals surface area contributed by atoms with Crippen molar-refractivity contribution in [1.82, 2.24) is 0 Å². The molecule has 0 unspecified atom stereocenters. The standard InChI is InChI=1S/C10H13FS/c1-7(2)9-6-8(11)4-5-10(9)12-3/h4-7H,1-3H3. The molecule has 0 nitrogen and oxygen atoms in total. The van der Waals surface area contributed by atoms with Gasteiger partial charge in [-0.2, -0.15) is 0 Å². The Morgan fingerprint density at radius 1 is 1.33 bits per heavy atom. The van der Waals surface area contributed by atoms with E-state index in [9.17, 15) is 4.39 Å². The van der Waals surface area contributed by atoms with E-state index < -0.39 is 0 Å². The zero-order valence-corrected chi connectivity index (χ0v) is 8.41. The van der Waals surface area contributed by atoms with Gasteiger partial charge >= 0.3 is 0 Å². The Morgan fingerprint density at radius 2 is 2.00 bits per heavy atom. The third-order valence-corrected chi connectivity index (χ3v) is 2.63. The highest BCUT2D eigenvalue weighted by Crippen LogP contribution is 2.27. The molecule has 1 rings (SSSR count). The Hall–Kier alpha value is -0.500. The summed E-state index contributed by atoms with van der Waals surface area (Å²) in [5.74, 6) is 0.250. The van der Waals surface area contributed by atoms with Crippen LogP contribution in [0, 0.1) is 5.82 Å². The molecule has 1 aromatic rings. The molecule has 0 amide bonds. The summed E-state index contributed by atoms with van der Waals surface area (Å²) in [7, 11) is 0. The number of hydrogen-bond acceptors (Lipinski definition) is 1. The summed E-state index contributed by atoms with van der Waals surface area (Å²) in [6.07, 6.45) is 2.01. The Labute approximate surface area is 77.2 Å². The molecule has 0 bridgehead atoms. The van der Waals surface area contributed by atoms with Crippen LogP contribution >= 0.6 is 11.8 Å². The van der Waals surface area contributed by atoms with Gasteiger partial charge in [-0.25, -0.2) is 4.39 Å². The topological polar surface area (TPSA) is 0 Å². The van der Waals surface area contributed by atoms with Crippen LogP contribution in [0.1, 0.15) is 25.3 Å². The van der Waals surface area contributed by atoms with Crippen LogP contribution in [0.4, 0.5) is 4.39 Å². The highest BCUT2D eigenvalue weighted by Gasteiger charge is 2.06. The van der Waals surface area contributed by atoms with Crippen molar-refractivity contribution in [2.24, 2.45) is 0 Å². The zero-order valence-electron chi connectivity index (χ0n) is 7.60. The van der Waals surface area contributed by atoms with Gasteiger partial charge in [0, 0.05) is 4.90 Å². The molecule has 0 saturated heterocycles. The SMILES string of the molecule is CSc1ccc(F)cc1C(C)C. The minimum Gasteiger partial charge on any atom is -0.207 e. The summed E-state index contributed by atoms with van der Waals surface area (Å²) < 4.78 is 12.8. The highest BCUT2D eigenvalue weighted by molar-refractivity contribution is 7.98. The van der Waals surface area contributed by atoms with Crippen molar-refractivity contribution in [2.75, 3.05) is 6.26 Å². The molecule has 0 aliphatic heterocycles. The third-order valence-electron chi connectivity index (χ3n) is 1.81. The van der Waals surface area contributed by atoms with Crippen LogP contribution in [0.25, 0.3) is 0 Å². The second kappa shape index (κ2) is 3.94. The van der Waals surface area contributed by atoms with E-state index in [-0.39, 0.29) is 5.82 Å². The molecular formula is C10H13FS. The van der Waals surface area contributed by atoms with Crippen LogP contribution in [0.3, 0.4) is 0 Å². The maximum Gasteiger partial charge on any atom is 0.123 e. The van der Waals surface area contributed by atoms with Crippen LogP contribution in [-0.2, 0) is 0 Å². The normalized spacial score (nSPS) is 10.8. The fraction of sp³-hybridized carbons (Fsp3) is 0.400. The highest BCUT2D eigenvalue weighted by atomic mass is 32.2. The van der Waals surface area contributed by atoms with E-state index in [0.717, 1.165) is 5.56 Å². The van der Waals surface area contributed by atoms with Crippen LogP contribution in [0.5, 0.6) is 0 Å². The first-order valence-corrected chi connectivity index (χ1v) is 5.21. The molecule has 0 spiro atoms. The van der Waals surface area contributed by atoms with Gasteiger partial charge in [0.05, 0.1) is 0 Å². The van der Waals surface area contributed by atoms with Crippen molar-refractivity contribution in [3.8, 4) is 0 Å². The van der Waals surface area contributed by atoms with Crippen molar-refractivity contribution >= 4 is 11.8 Å². The molecule has 0 saturated carbocycles. The van der Waals surface area contributed by atoms with E-state index in [0.29, 0.717) is 5.92 Å². The molecule has 2 heteroatoms. The second-order valence-electron chi connectivity index (χ2n) is 3.04. The molecule has 1 aromatic carbocycles. The average Bonchev–Trinajstić information content (AvgIpc) is 2.04. The van der Waals surface area contributed by atoms with E-state index in [1.807, 2.05) is 12.3 Å². The maximum atomic E-state index is 12.8. The first kappa shape index (κ1) is 9.59. The summed E-state index contributed by atoms with van der Waals surface area (Å²) in [6, 6.07) is 4.98. The van der Waals surface area contributed by atoms with Crippen LogP contribution < -0.4 is 0 Å². The molecule has 0 aromatic heterocycles. The van der Waals surface area contributed by atoms with Crippen LogP contribution in [0.15, 0.2) is 23.1 Å². The van der Waals surface area contributed by atoms with Gasteiger partial charge in [-0.15, -0.1) is 11.8 Å². The molecule has 0 N–H and O–H groups in total. The molecule has 0 aliphatic carbocycles. The van der Waals surface area contributed by atoms with E-state index in [1.54, 1.807) is 17.8 Å². The Kier molecular flexibility index (Phi) is 3.15. The lowest BCUT2D eigenvalue weighted by molar-refractivity contribution is 0.620. The van der Waals surface area contributed by atoms with Crippen LogP contribution in [-0.4, -0.2) is 6.26 Å². The summed E-state index contributed by atoms with van der Waals surface area (Å²) in [5, 5.41) is 0. The predicted molar refractivity (Wildman–Crippen MR) is 52.3 cm³/mol. The van der Waals surface area contributed by atoms with E-state index in [4.69, 9.17) is 0 Å². The second-order valence-corrected chi connectivity index (χ2v) is 3.89. The van der Waals surface area contributed by atoms with Crippen molar-refractivity contribution in [1.29, 1.82) is 0 Å². The van der Waals surface area contributed by atoms with Crippen molar-refractivity contribution in [2.45, 2.75) is 24.7 Å². The van der Waals surface area contributed by atoms with Gasteiger partial charge in [0.25, 0.3) is 0 Å². The monoisotopic (exact) mass is 184 g/mol. The Bertz CT molecular complexity index is 269. The first-order chi connectivity index (χ1) is 5.65. The lowest BCUT2D eigenvalue weighted by atomic mass is 10.0. The van der Waals surface area contributed by atoms with Gasteiger partial charge < -0.3 is 0 Å². The van der Waals surface area contributed by atoms with Crippen molar-refractivity contribution < 1.29 is 4.39 Å². The molecule has 0 heterocycles. The Morgan fingerprint density at radius 3 is 2.50 bits per heavy atom. The quantitative estimate of drug-likeness (QED) is 0.632. The van der Waals surface area contributed by atoms with Gasteiger partial charge in [0.1, 0.15) is 5.82 Å². The third kappa shape index (κ3) is 2.01. The summed E-state index contributed by atoms with van der Waals surface area (Å²) >= 11 is 1.67. The summed E-state index contributed by atoms with van der Waals surface area (Å²) in [6.45, 7) is 4.16. The van der Waals surface area contributed by atoms with Crippen molar-refractivity contribution in [3.63, 3.8) is 0 Å². The first-order valence-electron chi connectivity index (χ1n) is 3.98. The lowest BCUT2D eigenvalue weighted by Gasteiger charge is -2.10. The zero-order chi connectivity index (χ0) is 9.14.